The number of nitrogens with one attached hydrogen (secondary N) is 1. The van der Waals surface area contributed by atoms with Crippen LogP contribution in [-0.2, 0) is 13.1 Å². The van der Waals surface area contributed by atoms with Crippen LogP contribution in [0, 0.1) is 0 Å². The molecule has 0 spiro atoms. The van der Waals surface area contributed by atoms with Crippen molar-refractivity contribution in [3.8, 4) is 0 Å². The minimum Gasteiger partial charge on any atom is -0.394 e. The lowest BCUT2D eigenvalue weighted by atomic mass is 10.1. The Labute approximate surface area is 147 Å². The van der Waals surface area contributed by atoms with Gasteiger partial charge in [0.25, 0.3) is 0 Å². The average Bonchev–Trinajstić information content (AvgIpc) is 2.93. The molecule has 0 radical (unpaired) electrons. The van der Waals surface area contributed by atoms with Crippen molar-refractivity contribution in [3.63, 3.8) is 0 Å². The zero-order chi connectivity index (χ0) is 17.2. The highest BCUT2D eigenvalue weighted by atomic mass is 35.5. The Morgan fingerprint density at radius 1 is 1.04 bits per heavy atom. The molecule has 2 aromatic carbocycles. The molecule has 3 rings (SSSR count). The molecule has 24 heavy (non-hydrogen) atoms. The van der Waals surface area contributed by atoms with Gasteiger partial charge in [0.2, 0.25) is 0 Å². The van der Waals surface area contributed by atoms with Crippen molar-refractivity contribution in [1.82, 2.24) is 9.88 Å². The molecule has 3 nitrogen and oxygen atoms in total. The van der Waals surface area contributed by atoms with Crippen molar-refractivity contribution in [2.24, 2.45) is 0 Å². The van der Waals surface area contributed by atoms with E-state index < -0.39 is 0 Å². The lowest BCUT2D eigenvalue weighted by Crippen LogP contribution is -2.42. The number of halogens is 1. The van der Waals surface area contributed by atoms with Crippen LogP contribution in [0.1, 0.15) is 25.0 Å². The summed E-state index contributed by atoms with van der Waals surface area (Å²) in [6, 6.07) is 16.3. The maximum atomic E-state index is 9.43. The molecule has 3 aromatic rings. The first-order valence-corrected chi connectivity index (χ1v) is 8.54. The zero-order valence-electron chi connectivity index (χ0n) is 14.1. The first kappa shape index (κ1) is 17.0. The fourth-order valence-electron chi connectivity index (χ4n) is 2.80. The van der Waals surface area contributed by atoms with Gasteiger partial charge in [-0.05, 0) is 37.1 Å². The summed E-state index contributed by atoms with van der Waals surface area (Å²) in [5.74, 6) is 0. The summed E-state index contributed by atoms with van der Waals surface area (Å²) in [6.07, 6.45) is 2.18. The normalized spacial score (nSPS) is 12.0. The molecule has 0 aliphatic heterocycles. The van der Waals surface area contributed by atoms with Crippen LogP contribution in [0.15, 0.2) is 54.7 Å². The van der Waals surface area contributed by atoms with Gasteiger partial charge in [0.1, 0.15) is 0 Å². The van der Waals surface area contributed by atoms with Gasteiger partial charge < -0.3 is 15.0 Å². The van der Waals surface area contributed by atoms with Gasteiger partial charge in [0.05, 0.1) is 6.61 Å². The number of aliphatic hydroxyl groups is 1. The molecule has 1 heterocycles. The topological polar surface area (TPSA) is 37.2 Å². The van der Waals surface area contributed by atoms with E-state index in [0.29, 0.717) is 6.54 Å². The molecular weight excluding hydrogens is 320 g/mol. The van der Waals surface area contributed by atoms with Crippen molar-refractivity contribution in [2.75, 3.05) is 6.61 Å². The van der Waals surface area contributed by atoms with Crippen LogP contribution in [0.25, 0.3) is 10.9 Å². The summed E-state index contributed by atoms with van der Waals surface area (Å²) in [5.41, 5.74) is 3.22. The van der Waals surface area contributed by atoms with E-state index in [1.165, 1.54) is 16.5 Å². The third-order valence-electron chi connectivity index (χ3n) is 4.32. The number of hydrogen-bond donors (Lipinski definition) is 2. The fourth-order valence-corrected chi connectivity index (χ4v) is 2.99. The quantitative estimate of drug-likeness (QED) is 0.704. The van der Waals surface area contributed by atoms with E-state index in [2.05, 4.69) is 46.4 Å². The fraction of sp³-hybridized carbons (Fsp3) is 0.300. The molecule has 0 bridgehead atoms. The number of aliphatic hydroxyl groups excluding tert-OH is 1. The molecule has 0 saturated carbocycles. The third-order valence-corrected chi connectivity index (χ3v) is 4.69. The van der Waals surface area contributed by atoms with Gasteiger partial charge >= 0.3 is 0 Å². The Bertz CT molecular complexity index is 839. The van der Waals surface area contributed by atoms with E-state index in [1.54, 1.807) is 0 Å². The Morgan fingerprint density at radius 2 is 1.75 bits per heavy atom. The molecular formula is C20H23ClN2O. The number of fused-ring (bicyclic) bond motifs is 1. The smallest absolute Gasteiger partial charge is 0.0607 e. The van der Waals surface area contributed by atoms with Crippen molar-refractivity contribution in [3.05, 3.63) is 70.9 Å². The van der Waals surface area contributed by atoms with Crippen LogP contribution < -0.4 is 5.32 Å². The second kappa shape index (κ2) is 6.98. The predicted molar refractivity (Wildman–Crippen MR) is 100 cm³/mol. The number of aromatic nitrogens is 1. The van der Waals surface area contributed by atoms with E-state index in [4.69, 9.17) is 11.6 Å². The van der Waals surface area contributed by atoms with Crippen LogP contribution in [0.5, 0.6) is 0 Å². The van der Waals surface area contributed by atoms with Crippen LogP contribution in [0.3, 0.4) is 0 Å². The second-order valence-corrected chi connectivity index (χ2v) is 7.19. The van der Waals surface area contributed by atoms with Crippen LogP contribution in [0.2, 0.25) is 5.02 Å². The molecule has 0 aliphatic rings. The standard InChI is InChI=1S/C20H23ClN2O/c1-20(2,14-24)22-11-16-13-23(19-10-6-4-8-17(16)19)12-15-7-3-5-9-18(15)21/h3-10,13,22,24H,11-12,14H2,1-2H3. The van der Waals surface area contributed by atoms with Gasteiger partial charge in [-0.1, -0.05) is 48.0 Å². The highest BCUT2D eigenvalue weighted by Crippen LogP contribution is 2.24. The molecule has 126 valence electrons. The number of para-hydroxylation sites is 1. The van der Waals surface area contributed by atoms with Crippen LogP contribution in [-0.4, -0.2) is 21.8 Å². The van der Waals surface area contributed by atoms with Crippen molar-refractivity contribution in [2.45, 2.75) is 32.5 Å². The largest absolute Gasteiger partial charge is 0.394 e. The van der Waals surface area contributed by atoms with E-state index in [1.807, 2.05) is 32.0 Å². The summed E-state index contributed by atoms with van der Waals surface area (Å²) in [4.78, 5) is 0. The van der Waals surface area contributed by atoms with E-state index >= 15 is 0 Å². The van der Waals surface area contributed by atoms with Crippen molar-refractivity contribution in [1.29, 1.82) is 0 Å². The van der Waals surface area contributed by atoms with Gasteiger partial charge in [-0.3, -0.25) is 0 Å². The first-order chi connectivity index (χ1) is 11.5. The zero-order valence-corrected chi connectivity index (χ0v) is 14.8. The molecule has 0 aliphatic carbocycles. The van der Waals surface area contributed by atoms with Gasteiger partial charge in [0.15, 0.2) is 0 Å². The van der Waals surface area contributed by atoms with E-state index in [0.717, 1.165) is 17.1 Å². The third kappa shape index (κ3) is 3.64. The summed E-state index contributed by atoms with van der Waals surface area (Å²) < 4.78 is 2.24. The molecule has 0 amide bonds. The first-order valence-electron chi connectivity index (χ1n) is 8.16. The highest BCUT2D eigenvalue weighted by molar-refractivity contribution is 6.31. The van der Waals surface area contributed by atoms with E-state index in [9.17, 15) is 5.11 Å². The Morgan fingerprint density at radius 3 is 2.50 bits per heavy atom. The Kier molecular flexibility index (Phi) is 4.95. The van der Waals surface area contributed by atoms with Gasteiger partial charge in [0, 0.05) is 40.8 Å². The van der Waals surface area contributed by atoms with Gasteiger partial charge in [-0.25, -0.2) is 0 Å². The molecule has 1 aromatic heterocycles. The van der Waals surface area contributed by atoms with Crippen LogP contribution in [0.4, 0.5) is 0 Å². The second-order valence-electron chi connectivity index (χ2n) is 6.79. The SMILES string of the molecule is CC(C)(CO)NCc1cn(Cc2ccccc2Cl)c2ccccc12. The number of rotatable bonds is 6. The van der Waals surface area contributed by atoms with Gasteiger partial charge in [-0.15, -0.1) is 0 Å². The average molecular weight is 343 g/mol. The monoisotopic (exact) mass is 342 g/mol. The molecule has 4 heteroatoms. The highest BCUT2D eigenvalue weighted by Gasteiger charge is 2.17. The summed E-state index contributed by atoms with van der Waals surface area (Å²) in [6.45, 7) is 5.55. The molecule has 0 fully saturated rings. The number of benzene rings is 2. The Balaban J connectivity index is 1.93. The predicted octanol–water partition coefficient (Wildman–Crippen LogP) is 4.20. The number of nitrogens with zero attached hydrogens (tertiary/aromatic N) is 1. The maximum Gasteiger partial charge on any atom is 0.0607 e. The maximum absolute atomic E-state index is 9.43. The lowest BCUT2D eigenvalue weighted by Gasteiger charge is -2.23. The Hall–Kier alpha value is -1.81. The van der Waals surface area contributed by atoms with Gasteiger partial charge in [-0.2, -0.15) is 0 Å². The van der Waals surface area contributed by atoms with E-state index in [-0.39, 0.29) is 12.1 Å². The van der Waals surface area contributed by atoms with Crippen LogP contribution >= 0.6 is 11.6 Å². The summed E-state index contributed by atoms with van der Waals surface area (Å²) in [7, 11) is 0. The molecule has 2 N–H and O–H groups in total. The minimum absolute atomic E-state index is 0.102. The summed E-state index contributed by atoms with van der Waals surface area (Å²) >= 11 is 6.32. The molecule has 0 saturated heterocycles. The lowest BCUT2D eigenvalue weighted by molar-refractivity contribution is 0.187. The van der Waals surface area contributed by atoms with Crippen molar-refractivity contribution >= 4 is 22.5 Å². The molecule has 0 atom stereocenters. The molecule has 0 unspecified atom stereocenters. The summed E-state index contributed by atoms with van der Waals surface area (Å²) in [5, 5.41) is 14.9. The minimum atomic E-state index is -0.300. The van der Waals surface area contributed by atoms with Crippen molar-refractivity contribution < 1.29 is 5.11 Å². The number of hydrogen-bond acceptors (Lipinski definition) is 2.